The maximum atomic E-state index is 5.74. The SMILES string of the molecule is Cc1cc(-c2csc([C@H]3CCCO3)n2)c(C)n1-c1nccs1. The lowest BCUT2D eigenvalue weighted by atomic mass is 10.2. The highest BCUT2D eigenvalue weighted by Crippen LogP contribution is 2.35. The maximum absolute atomic E-state index is 5.74. The van der Waals surface area contributed by atoms with Gasteiger partial charge in [0.05, 0.1) is 5.69 Å². The molecule has 114 valence electrons. The minimum atomic E-state index is 0.196. The van der Waals surface area contributed by atoms with E-state index in [1.54, 1.807) is 22.7 Å². The largest absolute Gasteiger partial charge is 0.371 e. The molecule has 1 saturated heterocycles. The number of hydrogen-bond acceptors (Lipinski definition) is 5. The summed E-state index contributed by atoms with van der Waals surface area (Å²) >= 11 is 3.36. The molecule has 0 amide bonds. The Morgan fingerprint density at radius 3 is 2.95 bits per heavy atom. The number of aromatic nitrogens is 3. The van der Waals surface area contributed by atoms with Crippen LogP contribution >= 0.6 is 22.7 Å². The fourth-order valence-electron chi connectivity index (χ4n) is 2.97. The van der Waals surface area contributed by atoms with Crippen LogP contribution < -0.4 is 0 Å². The Kier molecular flexibility index (Phi) is 3.60. The molecule has 1 fully saturated rings. The van der Waals surface area contributed by atoms with E-state index in [1.165, 1.54) is 17.0 Å². The van der Waals surface area contributed by atoms with Gasteiger partial charge in [0.2, 0.25) is 0 Å². The van der Waals surface area contributed by atoms with Crippen LogP contribution in [-0.4, -0.2) is 21.1 Å². The minimum absolute atomic E-state index is 0.196. The predicted octanol–water partition coefficient (Wildman–Crippen LogP) is 4.53. The molecule has 4 heterocycles. The first-order valence-electron chi connectivity index (χ1n) is 7.40. The minimum Gasteiger partial charge on any atom is -0.371 e. The molecule has 1 aliphatic rings. The molecule has 0 N–H and O–H groups in total. The van der Waals surface area contributed by atoms with Gasteiger partial charge in [0, 0.05) is 40.5 Å². The maximum Gasteiger partial charge on any atom is 0.193 e. The van der Waals surface area contributed by atoms with E-state index >= 15 is 0 Å². The summed E-state index contributed by atoms with van der Waals surface area (Å²) in [6.07, 6.45) is 4.27. The molecule has 4 nitrogen and oxygen atoms in total. The standard InChI is InChI=1S/C16H17N3OS2/c1-10-8-12(11(2)19(10)16-17-5-7-21-16)13-9-22-15(18-13)14-4-3-6-20-14/h5,7-9,14H,3-4,6H2,1-2H3/t14-/m1/s1. The molecule has 0 aromatic carbocycles. The molecule has 0 bridgehead atoms. The average Bonchev–Trinajstić information content (AvgIpc) is 3.26. The van der Waals surface area contributed by atoms with Crippen molar-refractivity contribution < 1.29 is 4.74 Å². The first-order chi connectivity index (χ1) is 10.7. The smallest absolute Gasteiger partial charge is 0.193 e. The van der Waals surface area contributed by atoms with Gasteiger partial charge < -0.3 is 4.74 Å². The summed E-state index contributed by atoms with van der Waals surface area (Å²) < 4.78 is 7.94. The van der Waals surface area contributed by atoms with Gasteiger partial charge in [0.25, 0.3) is 0 Å². The Balaban J connectivity index is 1.73. The fraction of sp³-hybridized carbons (Fsp3) is 0.375. The summed E-state index contributed by atoms with van der Waals surface area (Å²) in [5.74, 6) is 0. The van der Waals surface area contributed by atoms with Crippen LogP contribution in [0.5, 0.6) is 0 Å². The van der Waals surface area contributed by atoms with Crippen LogP contribution in [0, 0.1) is 13.8 Å². The molecule has 6 heteroatoms. The zero-order valence-corrected chi connectivity index (χ0v) is 14.2. The molecule has 22 heavy (non-hydrogen) atoms. The molecular weight excluding hydrogens is 314 g/mol. The van der Waals surface area contributed by atoms with Gasteiger partial charge in [-0.15, -0.1) is 22.7 Å². The van der Waals surface area contributed by atoms with Crippen molar-refractivity contribution in [2.75, 3.05) is 6.61 Å². The monoisotopic (exact) mass is 331 g/mol. The van der Waals surface area contributed by atoms with Gasteiger partial charge >= 0.3 is 0 Å². The van der Waals surface area contributed by atoms with Gasteiger partial charge in [-0.05, 0) is 32.8 Å². The molecular formula is C16H17N3OS2. The average molecular weight is 331 g/mol. The van der Waals surface area contributed by atoms with E-state index in [2.05, 4.69) is 34.8 Å². The highest BCUT2D eigenvalue weighted by molar-refractivity contribution is 7.12. The van der Waals surface area contributed by atoms with E-state index < -0.39 is 0 Å². The van der Waals surface area contributed by atoms with Gasteiger partial charge in [-0.1, -0.05) is 0 Å². The van der Waals surface area contributed by atoms with E-state index in [4.69, 9.17) is 9.72 Å². The molecule has 0 saturated carbocycles. The van der Waals surface area contributed by atoms with Crippen LogP contribution in [0.25, 0.3) is 16.4 Å². The topological polar surface area (TPSA) is 39.9 Å². The quantitative estimate of drug-likeness (QED) is 0.708. The third-order valence-corrected chi connectivity index (χ3v) is 5.74. The lowest BCUT2D eigenvalue weighted by Gasteiger charge is -2.05. The molecule has 3 aromatic heterocycles. The predicted molar refractivity (Wildman–Crippen MR) is 90.0 cm³/mol. The van der Waals surface area contributed by atoms with Crippen molar-refractivity contribution in [2.24, 2.45) is 0 Å². The number of rotatable bonds is 3. The Morgan fingerprint density at radius 2 is 2.23 bits per heavy atom. The van der Waals surface area contributed by atoms with Crippen LogP contribution in [0.3, 0.4) is 0 Å². The van der Waals surface area contributed by atoms with Gasteiger partial charge in [-0.2, -0.15) is 0 Å². The molecule has 0 unspecified atom stereocenters. The van der Waals surface area contributed by atoms with Crippen molar-refractivity contribution in [3.8, 4) is 16.4 Å². The molecule has 0 aliphatic carbocycles. The first-order valence-corrected chi connectivity index (χ1v) is 9.16. The third-order valence-electron chi connectivity index (χ3n) is 4.04. The van der Waals surface area contributed by atoms with Crippen molar-refractivity contribution >= 4 is 22.7 Å². The lowest BCUT2D eigenvalue weighted by molar-refractivity contribution is 0.112. The second-order valence-corrected chi connectivity index (χ2v) is 7.27. The van der Waals surface area contributed by atoms with Crippen molar-refractivity contribution in [3.05, 3.63) is 39.4 Å². The van der Waals surface area contributed by atoms with Gasteiger partial charge in [0.1, 0.15) is 11.1 Å². The van der Waals surface area contributed by atoms with E-state index in [-0.39, 0.29) is 6.10 Å². The summed E-state index contributed by atoms with van der Waals surface area (Å²) in [6, 6.07) is 2.20. The molecule has 1 atom stereocenters. The van der Waals surface area contributed by atoms with Gasteiger partial charge in [-0.25, -0.2) is 9.97 Å². The number of thiazole rings is 2. The van der Waals surface area contributed by atoms with Crippen LogP contribution in [-0.2, 0) is 4.74 Å². The summed E-state index contributed by atoms with van der Waals surface area (Å²) in [5, 5.41) is 6.26. The number of nitrogens with zero attached hydrogens (tertiary/aromatic N) is 3. The summed E-state index contributed by atoms with van der Waals surface area (Å²) in [5.41, 5.74) is 4.62. The van der Waals surface area contributed by atoms with Gasteiger partial charge in [0.15, 0.2) is 5.13 Å². The van der Waals surface area contributed by atoms with Crippen LogP contribution in [0.1, 0.15) is 35.3 Å². The highest BCUT2D eigenvalue weighted by atomic mass is 32.1. The molecule has 1 aliphatic heterocycles. The van der Waals surface area contributed by atoms with Crippen LogP contribution in [0.15, 0.2) is 23.0 Å². The van der Waals surface area contributed by atoms with Crippen LogP contribution in [0.4, 0.5) is 0 Å². The number of hydrogen-bond donors (Lipinski definition) is 0. The summed E-state index contributed by atoms with van der Waals surface area (Å²) in [6.45, 7) is 5.11. The Bertz CT molecular complexity index is 783. The highest BCUT2D eigenvalue weighted by Gasteiger charge is 2.22. The Hall–Kier alpha value is -1.50. The summed E-state index contributed by atoms with van der Waals surface area (Å²) in [7, 11) is 0. The van der Waals surface area contributed by atoms with E-state index in [0.717, 1.165) is 35.3 Å². The zero-order chi connectivity index (χ0) is 15.1. The second kappa shape index (κ2) is 5.61. The summed E-state index contributed by atoms with van der Waals surface area (Å²) in [4.78, 5) is 9.25. The molecule has 3 aromatic rings. The fourth-order valence-corrected chi connectivity index (χ4v) is 4.63. The number of aryl methyl sites for hydroxylation is 1. The normalized spacial score (nSPS) is 18.2. The number of ether oxygens (including phenoxy) is 1. The van der Waals surface area contributed by atoms with Crippen molar-refractivity contribution in [1.82, 2.24) is 14.5 Å². The third kappa shape index (κ3) is 2.31. The van der Waals surface area contributed by atoms with Crippen molar-refractivity contribution in [1.29, 1.82) is 0 Å². The van der Waals surface area contributed by atoms with Crippen LogP contribution in [0.2, 0.25) is 0 Å². The van der Waals surface area contributed by atoms with Gasteiger partial charge in [-0.3, -0.25) is 4.57 Å². The van der Waals surface area contributed by atoms with E-state index in [0.29, 0.717) is 0 Å². The van der Waals surface area contributed by atoms with E-state index in [1.807, 2.05) is 11.6 Å². The lowest BCUT2D eigenvalue weighted by Crippen LogP contribution is -1.98. The Morgan fingerprint density at radius 1 is 1.32 bits per heavy atom. The van der Waals surface area contributed by atoms with E-state index in [9.17, 15) is 0 Å². The molecule has 0 spiro atoms. The Labute approximate surface area is 137 Å². The first kappa shape index (κ1) is 14.1. The van der Waals surface area contributed by atoms with Crippen molar-refractivity contribution in [3.63, 3.8) is 0 Å². The zero-order valence-electron chi connectivity index (χ0n) is 12.6. The van der Waals surface area contributed by atoms with Crippen molar-refractivity contribution in [2.45, 2.75) is 32.8 Å². The molecule has 0 radical (unpaired) electrons. The molecule has 4 rings (SSSR count). The second-order valence-electron chi connectivity index (χ2n) is 5.51.